The number of hydrogen-bond donors (Lipinski definition) is 1. The lowest BCUT2D eigenvalue weighted by molar-refractivity contribution is -0.140. The molecule has 242 valence electrons. The first-order chi connectivity index (χ1) is 21.8. The highest BCUT2D eigenvalue weighted by Gasteiger charge is 2.37. The summed E-state index contributed by atoms with van der Waals surface area (Å²) < 4.78 is 69.9. The van der Waals surface area contributed by atoms with E-state index >= 15 is 0 Å². The lowest BCUT2D eigenvalue weighted by Crippen LogP contribution is -2.53. The molecule has 4 rings (SSSR count). The standard InChI is InChI=1S/C33H30Cl2F3N3O4S/c1-2-39-32(43)30(19-23-9-5-3-6-10-23)40(21-24-13-16-26(34)17-14-24)31(42)22-41(46(44,45)27-11-7-4-8-12-27)29-20-25(33(36,37)38)15-18-28(29)35/h3-18,20,30H,2,19,21-22H2,1H3,(H,39,43). The molecule has 0 spiro atoms. The summed E-state index contributed by atoms with van der Waals surface area (Å²) in [6.07, 6.45) is -4.76. The van der Waals surface area contributed by atoms with Crippen LogP contribution in [0.1, 0.15) is 23.6 Å². The first-order valence-electron chi connectivity index (χ1n) is 14.1. The molecule has 0 aliphatic carbocycles. The van der Waals surface area contributed by atoms with Crippen LogP contribution in [-0.4, -0.2) is 44.3 Å². The Morgan fingerprint density at radius 1 is 0.848 bits per heavy atom. The number of halogens is 5. The molecule has 0 saturated carbocycles. The van der Waals surface area contributed by atoms with Crippen molar-refractivity contribution < 1.29 is 31.2 Å². The predicted octanol–water partition coefficient (Wildman–Crippen LogP) is 6.98. The fourth-order valence-corrected chi connectivity index (χ4v) is 6.59. The fraction of sp³-hybridized carbons (Fsp3) is 0.212. The first kappa shape index (κ1) is 34.8. The molecule has 0 radical (unpaired) electrons. The zero-order chi connectivity index (χ0) is 33.5. The smallest absolute Gasteiger partial charge is 0.355 e. The van der Waals surface area contributed by atoms with Crippen molar-refractivity contribution in [3.63, 3.8) is 0 Å². The van der Waals surface area contributed by atoms with E-state index in [0.29, 0.717) is 21.0 Å². The highest BCUT2D eigenvalue weighted by atomic mass is 35.5. The topological polar surface area (TPSA) is 86.8 Å². The summed E-state index contributed by atoms with van der Waals surface area (Å²) >= 11 is 12.4. The predicted molar refractivity (Wildman–Crippen MR) is 172 cm³/mol. The van der Waals surface area contributed by atoms with Gasteiger partial charge < -0.3 is 10.2 Å². The third-order valence-corrected chi connectivity index (χ3v) is 9.39. The summed E-state index contributed by atoms with van der Waals surface area (Å²) in [6, 6.07) is 23.5. The highest BCUT2D eigenvalue weighted by molar-refractivity contribution is 7.92. The molecule has 46 heavy (non-hydrogen) atoms. The second kappa shape index (κ2) is 15.0. The number of nitrogens with one attached hydrogen (secondary N) is 1. The summed E-state index contributed by atoms with van der Waals surface area (Å²) in [4.78, 5) is 28.8. The SMILES string of the molecule is CCNC(=O)C(Cc1ccccc1)N(Cc1ccc(Cl)cc1)C(=O)CN(c1cc(C(F)(F)F)ccc1Cl)S(=O)(=O)c1ccccc1. The first-order valence-corrected chi connectivity index (χ1v) is 16.3. The Balaban J connectivity index is 1.86. The fourth-order valence-electron chi connectivity index (χ4n) is 4.75. The van der Waals surface area contributed by atoms with Gasteiger partial charge in [-0.05, 0) is 60.5 Å². The van der Waals surface area contributed by atoms with Crippen LogP contribution in [0.3, 0.4) is 0 Å². The summed E-state index contributed by atoms with van der Waals surface area (Å²) in [7, 11) is -4.64. The van der Waals surface area contributed by atoms with Gasteiger partial charge in [0.2, 0.25) is 11.8 Å². The number of sulfonamides is 1. The van der Waals surface area contributed by atoms with Crippen molar-refractivity contribution >= 4 is 50.7 Å². The molecule has 13 heteroatoms. The van der Waals surface area contributed by atoms with Crippen LogP contribution >= 0.6 is 23.2 Å². The minimum absolute atomic E-state index is 0.0712. The number of likely N-dealkylation sites (N-methyl/N-ethyl adjacent to an activating group) is 1. The number of rotatable bonds is 12. The monoisotopic (exact) mass is 691 g/mol. The molecule has 1 N–H and O–H groups in total. The molecule has 0 fully saturated rings. The molecule has 1 atom stereocenters. The van der Waals surface area contributed by atoms with Gasteiger partial charge in [0.05, 0.1) is 21.2 Å². The lowest BCUT2D eigenvalue weighted by atomic mass is 10.0. The number of amides is 2. The average Bonchev–Trinajstić information content (AvgIpc) is 3.03. The quantitative estimate of drug-likeness (QED) is 0.174. The van der Waals surface area contributed by atoms with Crippen molar-refractivity contribution in [2.75, 3.05) is 17.4 Å². The van der Waals surface area contributed by atoms with Gasteiger partial charge in [-0.25, -0.2) is 8.42 Å². The average molecular weight is 693 g/mol. The molecule has 1 unspecified atom stereocenters. The maximum Gasteiger partial charge on any atom is 0.416 e. The van der Waals surface area contributed by atoms with Crippen LogP contribution in [0, 0.1) is 0 Å². The van der Waals surface area contributed by atoms with Gasteiger partial charge in [-0.3, -0.25) is 13.9 Å². The maximum atomic E-state index is 14.4. The maximum absolute atomic E-state index is 14.4. The largest absolute Gasteiger partial charge is 0.416 e. The minimum atomic E-state index is -4.83. The Kier molecular flexibility index (Phi) is 11.4. The van der Waals surface area contributed by atoms with E-state index in [4.69, 9.17) is 23.2 Å². The van der Waals surface area contributed by atoms with Crippen LogP contribution in [0.4, 0.5) is 18.9 Å². The molecular weight excluding hydrogens is 662 g/mol. The molecule has 0 aliphatic rings. The molecule has 0 heterocycles. The Morgan fingerprint density at radius 3 is 2.04 bits per heavy atom. The Labute approximate surface area is 275 Å². The lowest BCUT2D eigenvalue weighted by Gasteiger charge is -2.34. The summed E-state index contributed by atoms with van der Waals surface area (Å²) in [6.45, 7) is 0.866. The van der Waals surface area contributed by atoms with Gasteiger partial charge in [-0.2, -0.15) is 13.2 Å². The molecule has 7 nitrogen and oxygen atoms in total. The van der Waals surface area contributed by atoms with Gasteiger partial charge in [0.1, 0.15) is 12.6 Å². The second-order valence-corrected chi connectivity index (χ2v) is 12.9. The third kappa shape index (κ3) is 8.60. The second-order valence-electron chi connectivity index (χ2n) is 10.2. The van der Waals surface area contributed by atoms with E-state index in [1.54, 1.807) is 67.6 Å². The molecule has 0 aromatic heterocycles. The number of nitrogens with zero attached hydrogens (tertiary/aromatic N) is 2. The third-order valence-electron chi connectivity index (χ3n) is 7.04. The Hall–Kier alpha value is -4.06. The van der Waals surface area contributed by atoms with E-state index in [1.165, 1.54) is 29.2 Å². The zero-order valence-corrected chi connectivity index (χ0v) is 26.9. The molecule has 0 aliphatic heterocycles. The summed E-state index contributed by atoms with van der Waals surface area (Å²) in [5, 5.41) is 2.85. The van der Waals surface area contributed by atoms with Gasteiger partial charge in [0.15, 0.2) is 0 Å². The molecule has 0 saturated heterocycles. The van der Waals surface area contributed by atoms with Gasteiger partial charge in [0.25, 0.3) is 10.0 Å². The van der Waals surface area contributed by atoms with E-state index in [2.05, 4.69) is 5.32 Å². The highest BCUT2D eigenvalue weighted by Crippen LogP contribution is 2.37. The van der Waals surface area contributed by atoms with Crippen molar-refractivity contribution in [2.45, 2.75) is 37.0 Å². The van der Waals surface area contributed by atoms with Gasteiger partial charge in [-0.15, -0.1) is 0 Å². The summed E-state index contributed by atoms with van der Waals surface area (Å²) in [5.41, 5.74) is -0.398. The normalized spacial score (nSPS) is 12.3. The number of carbonyl (C=O) groups excluding carboxylic acids is 2. The Bertz CT molecular complexity index is 1760. The van der Waals surface area contributed by atoms with Crippen LogP contribution < -0.4 is 9.62 Å². The van der Waals surface area contributed by atoms with E-state index in [1.807, 2.05) is 0 Å². The number of carbonyl (C=O) groups is 2. The molecular formula is C33H30Cl2F3N3O4S. The van der Waals surface area contributed by atoms with Gasteiger partial charge in [0, 0.05) is 24.5 Å². The van der Waals surface area contributed by atoms with E-state index in [9.17, 15) is 31.2 Å². The van der Waals surface area contributed by atoms with Crippen LogP contribution in [0.15, 0.2) is 108 Å². The van der Waals surface area contributed by atoms with Crippen LogP contribution in [0.5, 0.6) is 0 Å². The van der Waals surface area contributed by atoms with Crippen molar-refractivity contribution in [1.29, 1.82) is 0 Å². The van der Waals surface area contributed by atoms with Crippen LogP contribution in [0.25, 0.3) is 0 Å². The van der Waals surface area contributed by atoms with Crippen molar-refractivity contribution in [3.8, 4) is 0 Å². The molecule has 2 amide bonds. The van der Waals surface area contributed by atoms with Gasteiger partial charge >= 0.3 is 6.18 Å². The summed E-state index contributed by atoms with van der Waals surface area (Å²) in [5.74, 6) is -1.35. The molecule has 0 bridgehead atoms. The molecule has 4 aromatic carbocycles. The van der Waals surface area contributed by atoms with E-state index in [-0.39, 0.29) is 29.4 Å². The minimum Gasteiger partial charge on any atom is -0.355 e. The van der Waals surface area contributed by atoms with Crippen molar-refractivity contribution in [2.24, 2.45) is 0 Å². The van der Waals surface area contributed by atoms with Crippen LogP contribution in [0.2, 0.25) is 10.0 Å². The molecule has 4 aromatic rings. The van der Waals surface area contributed by atoms with Crippen LogP contribution in [-0.2, 0) is 38.8 Å². The number of hydrogen-bond acceptors (Lipinski definition) is 4. The van der Waals surface area contributed by atoms with E-state index in [0.717, 1.165) is 17.7 Å². The zero-order valence-electron chi connectivity index (χ0n) is 24.5. The van der Waals surface area contributed by atoms with Crippen molar-refractivity contribution in [1.82, 2.24) is 10.2 Å². The van der Waals surface area contributed by atoms with Crippen molar-refractivity contribution in [3.05, 3.63) is 130 Å². The van der Waals surface area contributed by atoms with Gasteiger partial charge in [-0.1, -0.05) is 83.9 Å². The van der Waals surface area contributed by atoms with E-state index < -0.39 is 51.9 Å². The number of benzene rings is 4. The Morgan fingerprint density at radius 2 is 1.46 bits per heavy atom. The number of anilines is 1. The number of alkyl halides is 3.